The van der Waals surface area contributed by atoms with Crippen LogP contribution in [0.4, 0.5) is 0 Å². The number of rotatable bonds is 3. The number of likely N-dealkylation sites (tertiary alicyclic amines) is 1. The average molecular weight is 325 g/mol. The molecule has 0 bridgehead atoms. The molecule has 0 radical (unpaired) electrons. The van der Waals surface area contributed by atoms with Gasteiger partial charge in [0.2, 0.25) is 15.0 Å². The number of pyridine rings is 1. The third-order valence-electron chi connectivity index (χ3n) is 3.68. The second-order valence-corrected chi connectivity index (χ2v) is 7.97. The van der Waals surface area contributed by atoms with E-state index in [0.29, 0.717) is 6.54 Å². The number of hydrogen-bond donors (Lipinski definition) is 0. The van der Waals surface area contributed by atoms with E-state index in [4.69, 9.17) is 10.7 Å². The largest absolute Gasteiger partial charge is 0.337 e. The van der Waals surface area contributed by atoms with Crippen molar-refractivity contribution in [3.8, 4) is 0 Å². The number of carbonyl (C=O) groups excluding carboxylic acids is 1. The lowest BCUT2D eigenvalue weighted by Crippen LogP contribution is -2.26. The van der Waals surface area contributed by atoms with Crippen molar-refractivity contribution in [1.82, 2.24) is 9.88 Å². The van der Waals surface area contributed by atoms with E-state index in [1.807, 2.05) is 30.3 Å². The summed E-state index contributed by atoms with van der Waals surface area (Å²) in [5.41, 5.74) is 1.80. The summed E-state index contributed by atoms with van der Waals surface area (Å²) < 4.78 is 22.7. The summed E-state index contributed by atoms with van der Waals surface area (Å²) in [6, 6.07) is 9.49. The zero-order valence-corrected chi connectivity index (χ0v) is 12.6. The Morgan fingerprint density at radius 3 is 2.76 bits per heavy atom. The molecule has 1 fully saturated rings. The summed E-state index contributed by atoms with van der Waals surface area (Å²) >= 11 is 0. The molecule has 1 amide bonds. The first-order valence-electron chi connectivity index (χ1n) is 6.49. The van der Waals surface area contributed by atoms with Crippen molar-refractivity contribution in [3.05, 3.63) is 42.1 Å². The zero-order valence-electron chi connectivity index (χ0n) is 11.1. The van der Waals surface area contributed by atoms with Gasteiger partial charge in [0.05, 0.1) is 5.52 Å². The second-order valence-electron chi connectivity index (χ2n) is 5.06. The Labute approximate surface area is 127 Å². The fourth-order valence-electron chi connectivity index (χ4n) is 2.58. The molecular formula is C14H13ClN2O3S. The number of nitrogens with zero attached hydrogens (tertiary/aromatic N) is 2. The molecule has 2 heterocycles. The zero-order chi connectivity index (χ0) is 15.0. The van der Waals surface area contributed by atoms with Gasteiger partial charge in [-0.3, -0.25) is 9.78 Å². The number of fused-ring (bicyclic) bond motifs is 1. The second kappa shape index (κ2) is 5.27. The van der Waals surface area contributed by atoms with Crippen LogP contribution in [0.2, 0.25) is 0 Å². The third-order valence-corrected chi connectivity index (χ3v) is 5.55. The molecule has 1 aromatic carbocycles. The molecule has 3 rings (SSSR count). The van der Waals surface area contributed by atoms with Crippen LogP contribution >= 0.6 is 10.7 Å². The molecule has 21 heavy (non-hydrogen) atoms. The van der Waals surface area contributed by atoms with Crippen molar-refractivity contribution < 1.29 is 13.2 Å². The van der Waals surface area contributed by atoms with Crippen molar-refractivity contribution in [2.24, 2.45) is 0 Å². The predicted molar refractivity (Wildman–Crippen MR) is 80.3 cm³/mol. The van der Waals surface area contributed by atoms with Crippen LogP contribution in [0, 0.1) is 0 Å². The minimum absolute atomic E-state index is 0.0468. The van der Waals surface area contributed by atoms with Crippen molar-refractivity contribution >= 4 is 36.5 Å². The molecule has 1 aliphatic rings. The molecule has 0 spiro atoms. The van der Waals surface area contributed by atoms with Crippen LogP contribution < -0.4 is 0 Å². The van der Waals surface area contributed by atoms with Crippen LogP contribution in [0.5, 0.6) is 0 Å². The van der Waals surface area contributed by atoms with Gasteiger partial charge >= 0.3 is 0 Å². The van der Waals surface area contributed by atoms with Crippen molar-refractivity contribution in [2.75, 3.05) is 6.54 Å². The highest BCUT2D eigenvalue weighted by molar-refractivity contribution is 8.14. The molecule has 1 atom stereocenters. The number of hydrogen-bond acceptors (Lipinski definition) is 4. The van der Waals surface area contributed by atoms with Gasteiger partial charge in [0, 0.05) is 41.8 Å². The van der Waals surface area contributed by atoms with E-state index in [1.165, 1.54) is 4.90 Å². The predicted octanol–water partition coefficient (Wildman–Crippen LogP) is 1.90. The first kappa shape index (κ1) is 14.3. The smallest absolute Gasteiger partial charge is 0.237 e. The summed E-state index contributed by atoms with van der Waals surface area (Å²) in [6.45, 7) is 0.506. The molecule has 0 aliphatic carbocycles. The topological polar surface area (TPSA) is 67.3 Å². The average Bonchev–Trinajstić information content (AvgIpc) is 2.81. The fourth-order valence-corrected chi connectivity index (χ4v) is 3.63. The Kier molecular flexibility index (Phi) is 3.59. The molecule has 7 heteroatoms. The minimum atomic E-state index is -3.71. The van der Waals surface area contributed by atoms with Crippen molar-refractivity contribution in [3.63, 3.8) is 0 Å². The summed E-state index contributed by atoms with van der Waals surface area (Å²) in [5.74, 6) is -0.190. The van der Waals surface area contributed by atoms with Crippen LogP contribution in [-0.4, -0.2) is 36.0 Å². The Hall–Kier alpha value is -1.66. The summed E-state index contributed by atoms with van der Waals surface area (Å²) in [5, 5.41) is 0.143. The van der Waals surface area contributed by atoms with Gasteiger partial charge in [0.25, 0.3) is 0 Å². The Morgan fingerprint density at radius 2 is 2.05 bits per heavy atom. The van der Waals surface area contributed by atoms with E-state index in [1.54, 1.807) is 6.20 Å². The Balaban J connectivity index is 1.88. The van der Waals surface area contributed by atoms with Crippen molar-refractivity contribution in [2.45, 2.75) is 18.2 Å². The number of amides is 1. The van der Waals surface area contributed by atoms with Crippen LogP contribution in [0.15, 0.2) is 36.5 Å². The van der Waals surface area contributed by atoms with E-state index in [-0.39, 0.29) is 18.9 Å². The van der Waals surface area contributed by atoms with Crippen LogP contribution in [0.25, 0.3) is 10.9 Å². The first-order chi connectivity index (χ1) is 9.95. The van der Waals surface area contributed by atoms with E-state index >= 15 is 0 Å². The SMILES string of the molecule is O=C1CC(S(=O)(=O)Cl)CN1Cc1ccnc2ccccc12. The van der Waals surface area contributed by atoms with E-state index in [0.717, 1.165) is 16.5 Å². The van der Waals surface area contributed by atoms with Gasteiger partial charge in [0.15, 0.2) is 0 Å². The van der Waals surface area contributed by atoms with Crippen molar-refractivity contribution in [1.29, 1.82) is 0 Å². The van der Waals surface area contributed by atoms with Gasteiger partial charge in [-0.05, 0) is 17.7 Å². The van der Waals surface area contributed by atoms with Crippen LogP contribution in [-0.2, 0) is 20.4 Å². The number of aromatic nitrogens is 1. The third kappa shape index (κ3) is 2.87. The normalized spacial score (nSPS) is 19.4. The maximum absolute atomic E-state index is 12.0. The fraction of sp³-hybridized carbons (Fsp3) is 0.286. The van der Waals surface area contributed by atoms with Crippen LogP contribution in [0.1, 0.15) is 12.0 Å². The highest BCUT2D eigenvalue weighted by Crippen LogP contribution is 2.25. The van der Waals surface area contributed by atoms with Gasteiger partial charge in [-0.2, -0.15) is 0 Å². The first-order valence-corrected chi connectivity index (χ1v) is 8.86. The highest BCUT2D eigenvalue weighted by Gasteiger charge is 2.37. The highest BCUT2D eigenvalue weighted by atomic mass is 35.7. The number of halogens is 1. The number of benzene rings is 1. The van der Waals surface area contributed by atoms with E-state index in [2.05, 4.69) is 4.98 Å². The summed E-state index contributed by atoms with van der Waals surface area (Å²) in [7, 11) is 1.65. The molecule has 1 aromatic heterocycles. The standard InChI is InChI=1S/C14H13ClN2O3S/c15-21(19,20)11-7-14(18)17(9-11)8-10-5-6-16-13-4-2-1-3-12(10)13/h1-6,11H,7-9H2. The lowest BCUT2D eigenvalue weighted by Gasteiger charge is -2.17. The molecule has 1 aliphatic heterocycles. The van der Waals surface area contributed by atoms with Gasteiger partial charge in [-0.25, -0.2) is 8.42 Å². The van der Waals surface area contributed by atoms with Gasteiger partial charge in [-0.15, -0.1) is 0 Å². The summed E-state index contributed by atoms with van der Waals surface area (Å²) in [6.07, 6.45) is 1.64. The van der Waals surface area contributed by atoms with Gasteiger partial charge < -0.3 is 4.90 Å². The lowest BCUT2D eigenvalue weighted by molar-refractivity contribution is -0.128. The molecule has 5 nitrogen and oxygen atoms in total. The van der Waals surface area contributed by atoms with E-state index in [9.17, 15) is 13.2 Å². The number of carbonyl (C=O) groups is 1. The maximum Gasteiger partial charge on any atom is 0.237 e. The molecule has 0 N–H and O–H groups in total. The number of para-hydroxylation sites is 1. The maximum atomic E-state index is 12.0. The Bertz CT molecular complexity index is 801. The van der Waals surface area contributed by atoms with Gasteiger partial charge in [-0.1, -0.05) is 18.2 Å². The molecule has 0 saturated carbocycles. The summed E-state index contributed by atoms with van der Waals surface area (Å²) in [4.78, 5) is 17.8. The quantitative estimate of drug-likeness (QED) is 0.809. The molecular weight excluding hydrogens is 312 g/mol. The minimum Gasteiger partial charge on any atom is -0.337 e. The molecule has 1 saturated heterocycles. The molecule has 110 valence electrons. The Morgan fingerprint density at radius 1 is 1.29 bits per heavy atom. The molecule has 2 aromatic rings. The van der Waals surface area contributed by atoms with Gasteiger partial charge in [0.1, 0.15) is 5.25 Å². The molecule has 1 unspecified atom stereocenters. The van der Waals surface area contributed by atoms with Crippen LogP contribution in [0.3, 0.4) is 0 Å². The monoisotopic (exact) mass is 324 g/mol. The lowest BCUT2D eigenvalue weighted by atomic mass is 10.1. The van der Waals surface area contributed by atoms with E-state index < -0.39 is 14.3 Å².